The van der Waals surface area contributed by atoms with Gasteiger partial charge >= 0.3 is 0 Å². The number of pyridine rings is 1. The minimum atomic E-state index is -0.240. The van der Waals surface area contributed by atoms with Gasteiger partial charge in [-0.15, -0.1) is 0 Å². The normalized spacial score (nSPS) is 16.9. The summed E-state index contributed by atoms with van der Waals surface area (Å²) in [4.78, 5) is 32.0. The van der Waals surface area contributed by atoms with Gasteiger partial charge in [0, 0.05) is 38.3 Å². The zero-order valence-corrected chi connectivity index (χ0v) is 17.5. The van der Waals surface area contributed by atoms with Crippen LogP contribution in [0.3, 0.4) is 0 Å². The molecule has 1 aromatic carbocycles. The lowest BCUT2D eigenvalue weighted by Crippen LogP contribution is -2.39. The second-order valence-electron chi connectivity index (χ2n) is 8.06. The highest BCUT2D eigenvalue weighted by atomic mass is 16.3. The van der Waals surface area contributed by atoms with E-state index in [1.807, 2.05) is 30.1 Å². The third-order valence-corrected chi connectivity index (χ3v) is 6.04. The second kappa shape index (κ2) is 8.34. The van der Waals surface area contributed by atoms with Crippen LogP contribution in [-0.4, -0.2) is 36.6 Å². The minimum Gasteiger partial charge on any atom is -0.508 e. The molecule has 3 heterocycles. The van der Waals surface area contributed by atoms with Gasteiger partial charge in [-0.2, -0.15) is 0 Å². The fraction of sp³-hybridized carbons (Fsp3) is 0.435. The summed E-state index contributed by atoms with van der Waals surface area (Å²) in [6.07, 6.45) is 3.96. The number of rotatable bonds is 5. The molecule has 0 bridgehead atoms. The number of hydrogen-bond acceptors (Lipinski definition) is 4. The van der Waals surface area contributed by atoms with E-state index in [9.17, 15) is 14.7 Å². The molecule has 7 nitrogen and oxygen atoms in total. The zero-order chi connectivity index (χ0) is 21.3. The summed E-state index contributed by atoms with van der Waals surface area (Å²) in [7, 11) is 2.02. The summed E-state index contributed by atoms with van der Waals surface area (Å²) in [5.74, 6) is 1.02. The lowest BCUT2D eigenvalue weighted by atomic mass is 10.0. The van der Waals surface area contributed by atoms with Crippen molar-refractivity contribution in [3.8, 4) is 5.75 Å². The number of nitrogens with zero attached hydrogens (tertiary/aromatic N) is 4. The van der Waals surface area contributed by atoms with Gasteiger partial charge < -0.3 is 19.1 Å². The summed E-state index contributed by atoms with van der Waals surface area (Å²) in [5, 5.41) is 9.53. The van der Waals surface area contributed by atoms with E-state index in [1.165, 1.54) is 6.07 Å². The Labute approximate surface area is 175 Å². The van der Waals surface area contributed by atoms with Crippen LogP contribution in [0.25, 0.3) is 11.0 Å². The minimum absolute atomic E-state index is 0.0122. The highest BCUT2D eigenvalue weighted by Crippen LogP contribution is 2.32. The van der Waals surface area contributed by atoms with Crippen molar-refractivity contribution in [2.24, 2.45) is 7.05 Å². The quantitative estimate of drug-likeness (QED) is 0.703. The Hall–Kier alpha value is -3.09. The molecule has 2 aromatic heterocycles. The van der Waals surface area contributed by atoms with E-state index in [4.69, 9.17) is 4.98 Å². The monoisotopic (exact) mass is 408 g/mol. The van der Waals surface area contributed by atoms with Gasteiger partial charge in [-0.25, -0.2) is 4.98 Å². The second-order valence-corrected chi connectivity index (χ2v) is 8.06. The SMILES string of the molecule is Cc1cc(O)cc(=O)n1CCCC(=O)N1CCCCC1c1nc2ccccc2n1C. The summed E-state index contributed by atoms with van der Waals surface area (Å²) in [5.41, 5.74) is 2.49. The summed E-state index contributed by atoms with van der Waals surface area (Å²) < 4.78 is 3.71. The fourth-order valence-electron chi connectivity index (χ4n) is 4.49. The van der Waals surface area contributed by atoms with Gasteiger partial charge in [0.25, 0.3) is 5.56 Å². The molecular weight excluding hydrogens is 380 g/mol. The Balaban J connectivity index is 1.48. The van der Waals surface area contributed by atoms with E-state index in [0.29, 0.717) is 25.1 Å². The molecule has 158 valence electrons. The average molecular weight is 409 g/mol. The van der Waals surface area contributed by atoms with E-state index >= 15 is 0 Å². The Morgan fingerprint density at radius 1 is 1.23 bits per heavy atom. The molecule has 0 saturated carbocycles. The van der Waals surface area contributed by atoms with E-state index in [0.717, 1.165) is 42.7 Å². The predicted octanol–water partition coefficient (Wildman–Crippen LogP) is 3.28. The van der Waals surface area contributed by atoms with Gasteiger partial charge in [-0.05, 0) is 50.8 Å². The molecule has 1 fully saturated rings. The smallest absolute Gasteiger partial charge is 0.254 e. The van der Waals surface area contributed by atoms with Crippen LogP contribution < -0.4 is 5.56 Å². The maximum atomic E-state index is 13.1. The van der Waals surface area contributed by atoms with Gasteiger partial charge in [0.05, 0.1) is 17.1 Å². The van der Waals surface area contributed by atoms with Crippen molar-refractivity contribution < 1.29 is 9.90 Å². The number of carbonyl (C=O) groups excluding carboxylic acids is 1. The molecule has 4 rings (SSSR count). The Morgan fingerprint density at radius 2 is 2.03 bits per heavy atom. The molecule has 3 aromatic rings. The number of fused-ring (bicyclic) bond motifs is 1. The lowest BCUT2D eigenvalue weighted by Gasteiger charge is -2.35. The maximum absolute atomic E-state index is 13.1. The number of benzene rings is 1. The molecule has 1 aliphatic heterocycles. The molecule has 1 amide bonds. The van der Waals surface area contributed by atoms with E-state index in [2.05, 4.69) is 10.6 Å². The number of aromatic hydroxyl groups is 1. The Kier molecular flexibility index (Phi) is 5.61. The first-order valence-electron chi connectivity index (χ1n) is 10.6. The number of carbonyl (C=O) groups is 1. The van der Waals surface area contributed by atoms with Crippen molar-refractivity contribution in [2.45, 2.75) is 51.6 Å². The van der Waals surface area contributed by atoms with Crippen LogP contribution in [0.2, 0.25) is 0 Å². The summed E-state index contributed by atoms with van der Waals surface area (Å²) in [6, 6.07) is 10.8. The van der Waals surface area contributed by atoms with Gasteiger partial charge in [-0.3, -0.25) is 9.59 Å². The zero-order valence-electron chi connectivity index (χ0n) is 17.5. The third-order valence-electron chi connectivity index (χ3n) is 6.04. The van der Waals surface area contributed by atoms with E-state index in [1.54, 1.807) is 17.6 Å². The number of likely N-dealkylation sites (tertiary alicyclic amines) is 1. The van der Waals surface area contributed by atoms with Crippen molar-refractivity contribution in [3.63, 3.8) is 0 Å². The highest BCUT2D eigenvalue weighted by molar-refractivity contribution is 5.78. The number of hydrogen-bond donors (Lipinski definition) is 1. The van der Waals surface area contributed by atoms with Crippen molar-refractivity contribution in [3.05, 3.63) is 58.3 Å². The number of piperidine rings is 1. The maximum Gasteiger partial charge on any atom is 0.254 e. The first-order valence-corrected chi connectivity index (χ1v) is 10.6. The largest absolute Gasteiger partial charge is 0.508 e. The number of aromatic nitrogens is 3. The molecule has 0 radical (unpaired) electrons. The summed E-state index contributed by atoms with van der Waals surface area (Å²) in [6.45, 7) is 2.99. The van der Waals surface area contributed by atoms with Crippen molar-refractivity contribution in [1.29, 1.82) is 0 Å². The van der Waals surface area contributed by atoms with E-state index < -0.39 is 0 Å². The molecule has 1 N–H and O–H groups in total. The first-order chi connectivity index (χ1) is 14.5. The molecular formula is C23H28N4O3. The lowest BCUT2D eigenvalue weighted by molar-refractivity contribution is -0.135. The highest BCUT2D eigenvalue weighted by Gasteiger charge is 2.31. The molecule has 30 heavy (non-hydrogen) atoms. The standard InChI is InChI=1S/C23H28N4O3/c1-16-14-17(28)15-22(30)26(16)13-7-11-21(29)27-12-6-5-10-20(27)23-24-18-8-3-4-9-19(18)25(23)2/h3-4,8-9,14-15,20,28H,5-7,10-13H2,1-2H3. The molecule has 1 unspecified atom stereocenters. The van der Waals surface area contributed by atoms with Crippen LogP contribution in [0, 0.1) is 6.92 Å². The van der Waals surface area contributed by atoms with Crippen LogP contribution in [0.1, 0.15) is 49.7 Å². The molecule has 0 spiro atoms. The molecule has 7 heteroatoms. The van der Waals surface area contributed by atoms with Crippen LogP contribution in [0.15, 0.2) is 41.2 Å². The van der Waals surface area contributed by atoms with Gasteiger partial charge in [-0.1, -0.05) is 12.1 Å². The van der Waals surface area contributed by atoms with Crippen LogP contribution in [0.4, 0.5) is 0 Å². The van der Waals surface area contributed by atoms with Gasteiger partial charge in [0.15, 0.2) is 0 Å². The number of para-hydroxylation sites is 2. The van der Waals surface area contributed by atoms with Gasteiger partial charge in [0.1, 0.15) is 11.6 Å². The number of aryl methyl sites for hydroxylation is 2. The first kappa shape index (κ1) is 20.2. The fourth-order valence-corrected chi connectivity index (χ4v) is 4.49. The third kappa shape index (κ3) is 3.84. The van der Waals surface area contributed by atoms with Crippen LogP contribution >= 0.6 is 0 Å². The Bertz CT molecular complexity index is 1130. The van der Waals surface area contributed by atoms with Crippen LogP contribution in [0.5, 0.6) is 5.75 Å². The molecule has 0 aliphatic carbocycles. The summed E-state index contributed by atoms with van der Waals surface area (Å²) >= 11 is 0. The van der Waals surface area contributed by atoms with Crippen molar-refractivity contribution in [1.82, 2.24) is 19.0 Å². The van der Waals surface area contributed by atoms with Gasteiger partial charge in [0.2, 0.25) is 5.91 Å². The molecule has 1 atom stereocenters. The predicted molar refractivity (Wildman–Crippen MR) is 115 cm³/mol. The Morgan fingerprint density at radius 3 is 2.80 bits per heavy atom. The molecule has 1 aliphatic rings. The van der Waals surface area contributed by atoms with Crippen LogP contribution in [-0.2, 0) is 18.4 Å². The van der Waals surface area contributed by atoms with E-state index in [-0.39, 0.29) is 23.3 Å². The van der Waals surface area contributed by atoms with Crippen molar-refractivity contribution >= 4 is 16.9 Å². The molecule has 1 saturated heterocycles. The average Bonchev–Trinajstić information content (AvgIpc) is 3.06. The topological polar surface area (TPSA) is 80.4 Å². The number of imidazole rings is 1. The van der Waals surface area contributed by atoms with Crippen molar-refractivity contribution in [2.75, 3.05) is 6.54 Å². The number of amides is 1.